The lowest BCUT2D eigenvalue weighted by atomic mass is 10.1. The highest BCUT2D eigenvalue weighted by atomic mass is 19.1. The maximum Gasteiger partial charge on any atom is 0.129 e. The van der Waals surface area contributed by atoms with Crippen LogP contribution < -0.4 is 10.1 Å². The quantitative estimate of drug-likeness (QED) is 0.869. The van der Waals surface area contributed by atoms with Gasteiger partial charge in [0.05, 0.1) is 6.04 Å². The molecule has 2 rings (SSSR count). The van der Waals surface area contributed by atoms with Crippen LogP contribution in [-0.4, -0.2) is 13.2 Å². The maximum absolute atomic E-state index is 13.1. The highest BCUT2D eigenvalue weighted by Crippen LogP contribution is 2.18. The standard InChI is InChI=1S/C16H17F2NO/c1-2-19-16(12-6-4-3-5-7-12)11-20-15-9-13(17)8-14(18)10-15/h3-10,16,19H,2,11H2,1H3. The molecule has 0 aromatic heterocycles. The Labute approximate surface area is 117 Å². The highest BCUT2D eigenvalue weighted by Gasteiger charge is 2.11. The van der Waals surface area contributed by atoms with Gasteiger partial charge in [-0.2, -0.15) is 0 Å². The topological polar surface area (TPSA) is 21.3 Å². The van der Waals surface area contributed by atoms with Crippen molar-refractivity contribution in [1.29, 1.82) is 0 Å². The van der Waals surface area contributed by atoms with Crippen LogP contribution in [0.15, 0.2) is 48.5 Å². The van der Waals surface area contributed by atoms with E-state index in [0.717, 1.165) is 18.2 Å². The van der Waals surface area contributed by atoms with Crippen LogP contribution in [0, 0.1) is 11.6 Å². The predicted octanol–water partition coefficient (Wildman–Crippen LogP) is 3.69. The zero-order valence-corrected chi connectivity index (χ0v) is 11.3. The van der Waals surface area contributed by atoms with Crippen LogP contribution in [0.1, 0.15) is 18.5 Å². The van der Waals surface area contributed by atoms with Gasteiger partial charge in [-0.15, -0.1) is 0 Å². The van der Waals surface area contributed by atoms with Gasteiger partial charge in [-0.3, -0.25) is 0 Å². The maximum atomic E-state index is 13.1. The molecule has 1 N–H and O–H groups in total. The second-order valence-corrected chi connectivity index (χ2v) is 4.44. The molecule has 106 valence electrons. The van der Waals surface area contributed by atoms with Gasteiger partial charge in [-0.05, 0) is 12.1 Å². The normalized spacial score (nSPS) is 12.2. The third kappa shape index (κ3) is 4.03. The van der Waals surface area contributed by atoms with E-state index in [4.69, 9.17) is 4.74 Å². The Hall–Kier alpha value is -1.94. The summed E-state index contributed by atoms with van der Waals surface area (Å²) in [5.74, 6) is -1.08. The lowest BCUT2D eigenvalue weighted by Gasteiger charge is -2.19. The van der Waals surface area contributed by atoms with Crippen LogP contribution in [0.25, 0.3) is 0 Å². The Morgan fingerprint density at radius 1 is 1.05 bits per heavy atom. The number of ether oxygens (including phenoxy) is 1. The Morgan fingerprint density at radius 3 is 2.30 bits per heavy atom. The highest BCUT2D eigenvalue weighted by molar-refractivity contribution is 5.24. The van der Waals surface area contributed by atoms with Crippen molar-refractivity contribution in [2.45, 2.75) is 13.0 Å². The van der Waals surface area contributed by atoms with Crippen LogP contribution in [0.2, 0.25) is 0 Å². The van der Waals surface area contributed by atoms with Gasteiger partial charge >= 0.3 is 0 Å². The molecule has 1 unspecified atom stereocenters. The van der Waals surface area contributed by atoms with Crippen molar-refractivity contribution >= 4 is 0 Å². The lowest BCUT2D eigenvalue weighted by Crippen LogP contribution is -2.26. The molecule has 0 radical (unpaired) electrons. The summed E-state index contributed by atoms with van der Waals surface area (Å²) in [4.78, 5) is 0. The summed E-state index contributed by atoms with van der Waals surface area (Å²) in [5, 5.41) is 3.29. The summed E-state index contributed by atoms with van der Waals surface area (Å²) in [6, 6.07) is 13.0. The Kier molecular flexibility index (Phi) is 5.07. The summed E-state index contributed by atoms with van der Waals surface area (Å²) >= 11 is 0. The van der Waals surface area contributed by atoms with E-state index >= 15 is 0 Å². The first-order valence-electron chi connectivity index (χ1n) is 6.56. The van der Waals surface area contributed by atoms with E-state index in [0.29, 0.717) is 6.61 Å². The number of halogens is 2. The second kappa shape index (κ2) is 7.01. The van der Waals surface area contributed by atoms with Crippen molar-refractivity contribution in [1.82, 2.24) is 5.32 Å². The number of hydrogen-bond acceptors (Lipinski definition) is 2. The fraction of sp³-hybridized carbons (Fsp3) is 0.250. The molecule has 0 heterocycles. The van der Waals surface area contributed by atoms with Crippen molar-refractivity contribution in [3.63, 3.8) is 0 Å². The number of benzene rings is 2. The summed E-state index contributed by atoms with van der Waals surface area (Å²) in [5.41, 5.74) is 1.08. The molecule has 0 amide bonds. The minimum absolute atomic E-state index is 0.0208. The van der Waals surface area contributed by atoms with E-state index in [9.17, 15) is 8.78 Å². The number of likely N-dealkylation sites (N-methyl/N-ethyl adjacent to an activating group) is 1. The van der Waals surface area contributed by atoms with Gasteiger partial charge in [0, 0.05) is 18.2 Å². The molecular weight excluding hydrogens is 260 g/mol. The SMILES string of the molecule is CCNC(COc1cc(F)cc(F)c1)c1ccccc1. The van der Waals surface area contributed by atoms with Gasteiger partial charge in [0.1, 0.15) is 24.0 Å². The van der Waals surface area contributed by atoms with E-state index < -0.39 is 11.6 Å². The number of hydrogen-bond donors (Lipinski definition) is 1. The van der Waals surface area contributed by atoms with Gasteiger partial charge in [0.2, 0.25) is 0 Å². The Bertz CT molecular complexity index is 525. The molecule has 0 spiro atoms. The molecule has 2 nitrogen and oxygen atoms in total. The molecule has 4 heteroatoms. The van der Waals surface area contributed by atoms with E-state index in [2.05, 4.69) is 5.32 Å². The molecule has 2 aromatic carbocycles. The lowest BCUT2D eigenvalue weighted by molar-refractivity contribution is 0.266. The third-order valence-corrected chi connectivity index (χ3v) is 2.91. The van der Waals surface area contributed by atoms with Gasteiger partial charge in [-0.1, -0.05) is 37.3 Å². The van der Waals surface area contributed by atoms with Crippen molar-refractivity contribution in [3.8, 4) is 5.75 Å². The summed E-state index contributed by atoms with van der Waals surface area (Å²) in [7, 11) is 0. The molecule has 0 bridgehead atoms. The molecule has 1 atom stereocenters. The number of rotatable bonds is 6. The summed E-state index contributed by atoms with van der Waals surface area (Å²) < 4.78 is 31.7. The Balaban J connectivity index is 2.05. The minimum atomic E-state index is -0.639. The fourth-order valence-corrected chi connectivity index (χ4v) is 2.00. The molecule has 0 saturated heterocycles. The van der Waals surface area contributed by atoms with Crippen LogP contribution >= 0.6 is 0 Å². The predicted molar refractivity (Wildman–Crippen MR) is 74.7 cm³/mol. The van der Waals surface area contributed by atoms with Gasteiger partial charge in [0.15, 0.2) is 0 Å². The van der Waals surface area contributed by atoms with Gasteiger partial charge in [0.25, 0.3) is 0 Å². The van der Waals surface area contributed by atoms with Crippen molar-refractivity contribution in [2.24, 2.45) is 0 Å². The molecule has 2 aromatic rings. The van der Waals surface area contributed by atoms with Gasteiger partial charge < -0.3 is 10.1 Å². The van der Waals surface area contributed by atoms with Crippen molar-refractivity contribution in [3.05, 3.63) is 65.7 Å². The van der Waals surface area contributed by atoms with E-state index in [1.807, 2.05) is 37.3 Å². The van der Waals surface area contributed by atoms with E-state index in [1.54, 1.807) is 0 Å². The zero-order chi connectivity index (χ0) is 14.4. The summed E-state index contributed by atoms with van der Waals surface area (Å²) in [6.45, 7) is 3.08. The molecular formula is C16H17F2NO. The fourth-order valence-electron chi connectivity index (χ4n) is 2.00. The molecule has 0 aliphatic heterocycles. The average Bonchev–Trinajstić information content (AvgIpc) is 2.43. The van der Waals surface area contributed by atoms with Crippen molar-refractivity contribution in [2.75, 3.05) is 13.2 Å². The van der Waals surface area contributed by atoms with Gasteiger partial charge in [-0.25, -0.2) is 8.78 Å². The molecule has 0 aliphatic carbocycles. The van der Waals surface area contributed by atoms with Crippen LogP contribution in [-0.2, 0) is 0 Å². The molecule has 0 saturated carbocycles. The largest absolute Gasteiger partial charge is 0.491 e. The monoisotopic (exact) mass is 277 g/mol. The van der Waals surface area contributed by atoms with Crippen LogP contribution in [0.4, 0.5) is 8.78 Å². The third-order valence-electron chi connectivity index (χ3n) is 2.91. The first-order chi connectivity index (χ1) is 9.69. The molecule has 20 heavy (non-hydrogen) atoms. The molecule has 0 aliphatic rings. The van der Waals surface area contributed by atoms with Crippen molar-refractivity contribution < 1.29 is 13.5 Å². The first-order valence-corrected chi connectivity index (χ1v) is 6.56. The second-order valence-electron chi connectivity index (χ2n) is 4.44. The van der Waals surface area contributed by atoms with E-state index in [-0.39, 0.29) is 11.8 Å². The zero-order valence-electron chi connectivity index (χ0n) is 11.3. The minimum Gasteiger partial charge on any atom is -0.491 e. The van der Waals surface area contributed by atoms with Crippen LogP contribution in [0.3, 0.4) is 0 Å². The number of nitrogens with one attached hydrogen (secondary N) is 1. The smallest absolute Gasteiger partial charge is 0.129 e. The Morgan fingerprint density at radius 2 is 1.70 bits per heavy atom. The van der Waals surface area contributed by atoms with Crippen LogP contribution in [0.5, 0.6) is 5.75 Å². The average molecular weight is 277 g/mol. The molecule has 0 fully saturated rings. The first kappa shape index (κ1) is 14.5. The van der Waals surface area contributed by atoms with E-state index in [1.165, 1.54) is 12.1 Å². The summed E-state index contributed by atoms with van der Waals surface area (Å²) in [6.07, 6.45) is 0.